The van der Waals surface area contributed by atoms with Crippen molar-refractivity contribution >= 4 is 31.6 Å². The molecule has 0 aromatic heterocycles. The summed E-state index contributed by atoms with van der Waals surface area (Å²) in [4.78, 5) is 0. The molecule has 0 spiro atoms. The zero-order valence-electron chi connectivity index (χ0n) is 2.40. The standard InChI is InChI=1S/C2H5BrS/c1-4-2-3/h2,4H,1H3. The highest BCUT2D eigenvalue weighted by atomic mass is 79.9. The molecule has 0 aliphatic heterocycles. The zero-order chi connectivity index (χ0) is 3.41. The summed E-state index contributed by atoms with van der Waals surface area (Å²) < 4.78 is 1.91. The summed E-state index contributed by atoms with van der Waals surface area (Å²) in [7, 11) is 0. The van der Waals surface area contributed by atoms with Gasteiger partial charge in [-0.15, -0.1) is 0 Å². The van der Waals surface area contributed by atoms with Crippen molar-refractivity contribution in [3.8, 4) is 0 Å². The molecule has 0 aliphatic carbocycles. The summed E-state index contributed by atoms with van der Waals surface area (Å²) >= 11 is 4.40. The number of hydrogen-bond acceptors (Lipinski definition) is 0. The number of hydrogen-bond donors (Lipinski definition) is 1. The molecule has 26 valence electrons. The average molecular weight is 141 g/mol. The Labute approximate surface area is 38.3 Å². The Morgan fingerprint density at radius 2 is 2.25 bits per heavy atom. The first-order valence-electron chi connectivity index (χ1n) is 0.924. The predicted molar refractivity (Wildman–Crippen MR) is 29.9 cm³/mol. The first-order chi connectivity index (χ1) is 1.91. The number of rotatable bonds is 0. The lowest BCUT2D eigenvalue weighted by atomic mass is 11.9. The molecule has 0 aliphatic rings. The minimum atomic E-state index is 1.29. The molecule has 0 atom stereocenters. The van der Waals surface area contributed by atoms with Crippen LogP contribution in [0.2, 0.25) is 0 Å². The van der Waals surface area contributed by atoms with Crippen LogP contribution in [0.25, 0.3) is 0 Å². The van der Waals surface area contributed by atoms with Gasteiger partial charge in [-0.05, 0) is 6.26 Å². The van der Waals surface area contributed by atoms with Crippen molar-refractivity contribution in [1.82, 2.24) is 0 Å². The van der Waals surface area contributed by atoms with Gasteiger partial charge in [-0.25, -0.2) is 0 Å². The van der Waals surface area contributed by atoms with Crippen LogP contribution < -0.4 is 0 Å². The molecule has 0 unspecified atom stereocenters. The maximum Gasteiger partial charge on any atom is 0.00149 e. The fraction of sp³-hybridized carbons (Fsp3) is 0.500. The number of halogens is 1. The minimum absolute atomic E-state index is 1.29. The lowest BCUT2D eigenvalue weighted by Crippen LogP contribution is -1.27. The van der Waals surface area contributed by atoms with Gasteiger partial charge in [-0.1, -0.05) is 15.9 Å². The third kappa shape index (κ3) is 2.70. The van der Waals surface area contributed by atoms with Gasteiger partial charge < -0.3 is 0 Å². The third-order valence-corrected chi connectivity index (χ3v) is 1.52. The van der Waals surface area contributed by atoms with E-state index in [-0.39, 0.29) is 0 Å². The van der Waals surface area contributed by atoms with E-state index in [0.29, 0.717) is 0 Å². The molecular weight excluding hydrogens is 136 g/mol. The highest BCUT2D eigenvalue weighted by Crippen LogP contribution is 1.73. The van der Waals surface area contributed by atoms with E-state index < -0.39 is 0 Å². The van der Waals surface area contributed by atoms with Gasteiger partial charge in [0, 0.05) is 4.28 Å². The average Bonchev–Trinajstić information content (AvgIpc) is 1.37. The van der Waals surface area contributed by atoms with Gasteiger partial charge in [-0.3, -0.25) is 0 Å². The van der Waals surface area contributed by atoms with Crippen LogP contribution >= 0.6 is 27.3 Å². The van der Waals surface area contributed by atoms with Crippen molar-refractivity contribution in [2.24, 2.45) is 0 Å². The van der Waals surface area contributed by atoms with E-state index in [9.17, 15) is 0 Å². The van der Waals surface area contributed by atoms with Gasteiger partial charge >= 0.3 is 0 Å². The Kier molecular flexibility index (Phi) is 4.35. The second kappa shape index (κ2) is 3.70. The molecule has 0 radical (unpaired) electrons. The van der Waals surface area contributed by atoms with E-state index in [2.05, 4.69) is 22.2 Å². The van der Waals surface area contributed by atoms with Crippen LogP contribution in [0.3, 0.4) is 0 Å². The highest BCUT2D eigenvalue weighted by molar-refractivity contribution is 9.19. The van der Waals surface area contributed by atoms with Crippen LogP contribution in [0.5, 0.6) is 0 Å². The molecule has 0 saturated carbocycles. The minimum Gasteiger partial charge on any atom is -0.197 e. The Morgan fingerprint density at radius 3 is 2.25 bits per heavy atom. The molecule has 0 aromatic carbocycles. The monoisotopic (exact) mass is 140 g/mol. The molecule has 0 saturated heterocycles. The van der Waals surface area contributed by atoms with Gasteiger partial charge in [0.2, 0.25) is 0 Å². The molecule has 0 fully saturated rings. The molecule has 2 heteroatoms. The molecule has 0 aromatic rings. The highest BCUT2D eigenvalue weighted by Gasteiger charge is 1.34. The largest absolute Gasteiger partial charge is 0.197 e. The zero-order valence-corrected chi connectivity index (χ0v) is 4.88. The summed E-state index contributed by atoms with van der Waals surface area (Å²) in [6.45, 7) is 0. The SMILES string of the molecule is C[SH]=CBr. The second-order valence-electron chi connectivity index (χ2n) is 0.356. The van der Waals surface area contributed by atoms with Gasteiger partial charge in [0.15, 0.2) is 0 Å². The van der Waals surface area contributed by atoms with Crippen molar-refractivity contribution < 1.29 is 0 Å². The summed E-state index contributed by atoms with van der Waals surface area (Å²) in [5.41, 5.74) is 0. The molecular formula is C2H5BrS. The lowest BCUT2D eigenvalue weighted by Gasteiger charge is -1.50. The summed E-state index contributed by atoms with van der Waals surface area (Å²) in [6.07, 6.45) is 2.05. The maximum atomic E-state index is 3.11. The smallest absolute Gasteiger partial charge is 0.00149 e. The van der Waals surface area contributed by atoms with Crippen molar-refractivity contribution in [3.05, 3.63) is 0 Å². The Morgan fingerprint density at radius 1 is 2.00 bits per heavy atom. The molecule has 0 N–H and O–H groups in total. The van der Waals surface area contributed by atoms with E-state index in [0.717, 1.165) is 0 Å². The van der Waals surface area contributed by atoms with E-state index in [4.69, 9.17) is 0 Å². The molecule has 0 nitrogen and oxygen atoms in total. The van der Waals surface area contributed by atoms with Crippen LogP contribution in [0.4, 0.5) is 0 Å². The molecule has 0 amide bonds. The second-order valence-corrected chi connectivity index (χ2v) is 2.30. The normalized spacial score (nSPS) is 11.5. The molecule has 0 heterocycles. The third-order valence-electron chi connectivity index (χ3n) is 0.0976. The predicted octanol–water partition coefficient (Wildman–Crippen LogP) is 1.24. The Bertz CT molecular complexity index is 21.2. The van der Waals surface area contributed by atoms with Crippen LogP contribution in [0, 0.1) is 0 Å². The molecule has 0 rings (SSSR count). The summed E-state index contributed by atoms with van der Waals surface area (Å²) in [6, 6.07) is 0. The first kappa shape index (κ1) is 4.70. The lowest BCUT2D eigenvalue weighted by molar-refractivity contribution is 2.55. The number of thiol groups is 1. The first-order valence-corrected chi connectivity index (χ1v) is 3.25. The van der Waals surface area contributed by atoms with Crippen LogP contribution in [0.1, 0.15) is 0 Å². The van der Waals surface area contributed by atoms with Crippen molar-refractivity contribution in [2.75, 3.05) is 6.26 Å². The van der Waals surface area contributed by atoms with E-state index in [1.54, 1.807) is 0 Å². The van der Waals surface area contributed by atoms with Crippen LogP contribution in [-0.2, 0) is 0 Å². The van der Waals surface area contributed by atoms with Crippen molar-refractivity contribution in [1.29, 1.82) is 0 Å². The van der Waals surface area contributed by atoms with Crippen LogP contribution in [-0.4, -0.2) is 10.5 Å². The summed E-state index contributed by atoms with van der Waals surface area (Å²) in [5, 5.41) is 0. The quantitative estimate of drug-likeness (QED) is 0.293. The molecule has 0 bridgehead atoms. The van der Waals surface area contributed by atoms with Gasteiger partial charge in [0.05, 0.1) is 0 Å². The van der Waals surface area contributed by atoms with E-state index in [1.165, 1.54) is 11.4 Å². The van der Waals surface area contributed by atoms with Crippen LogP contribution in [0.15, 0.2) is 0 Å². The summed E-state index contributed by atoms with van der Waals surface area (Å²) in [5.74, 6) is 0. The topological polar surface area (TPSA) is 0 Å². The maximum absolute atomic E-state index is 3.11. The molecule has 4 heavy (non-hydrogen) atoms. The van der Waals surface area contributed by atoms with E-state index in [1.807, 2.05) is 4.28 Å². The van der Waals surface area contributed by atoms with Gasteiger partial charge in [0.25, 0.3) is 0 Å². The van der Waals surface area contributed by atoms with Crippen molar-refractivity contribution in [3.63, 3.8) is 0 Å². The van der Waals surface area contributed by atoms with Crippen molar-refractivity contribution in [2.45, 2.75) is 0 Å². The Balaban J connectivity index is 2.55. The van der Waals surface area contributed by atoms with Gasteiger partial charge in [-0.2, -0.15) is 11.4 Å². The van der Waals surface area contributed by atoms with Gasteiger partial charge in [0.1, 0.15) is 0 Å². The fourth-order valence-electron chi connectivity index (χ4n) is 0. The fourth-order valence-corrected chi connectivity index (χ4v) is 0. The van der Waals surface area contributed by atoms with E-state index >= 15 is 0 Å². The Hall–Kier alpha value is 0.700.